The summed E-state index contributed by atoms with van der Waals surface area (Å²) in [6, 6.07) is 0. The third kappa shape index (κ3) is 10.3. The number of carbonyl (C=O) groups is 2. The van der Waals surface area contributed by atoms with E-state index in [0.29, 0.717) is 14.2 Å². The molecule has 0 aromatic heterocycles. The van der Waals surface area contributed by atoms with Crippen molar-refractivity contribution in [2.24, 2.45) is 70.0 Å². The first-order chi connectivity index (χ1) is 32.8. The predicted octanol–water partition coefficient (Wildman–Crippen LogP) is 12.0. The molecule has 17 atom stereocenters. The third-order valence-electron chi connectivity index (χ3n) is 17.3. The van der Waals surface area contributed by atoms with Crippen LogP contribution < -0.4 is 0 Å². The van der Waals surface area contributed by atoms with Crippen molar-refractivity contribution in [3.05, 3.63) is 0 Å². The number of ether oxygens (including phenoxy) is 6. The van der Waals surface area contributed by atoms with Gasteiger partial charge < -0.3 is 33.5 Å². The molecule has 2 aliphatic heterocycles. The Balaban J connectivity index is 1.40. The quantitative estimate of drug-likeness (QED) is 0.103. The third-order valence-corrected chi connectivity index (χ3v) is 17.3. The number of hydrogen-bond acceptors (Lipinski definition) is 9. The Morgan fingerprint density at radius 2 is 0.986 bits per heavy atom. The van der Waals surface area contributed by atoms with E-state index in [1.54, 1.807) is 0 Å². The first-order valence-corrected chi connectivity index (χ1v) is 23.8. The van der Waals surface area contributed by atoms with Crippen molar-refractivity contribution < 1.29 is 122 Å². The molecule has 1 N–H and O–H groups in total. The normalized spacial score (nSPS) is 35.5. The molecule has 4 saturated carbocycles. The van der Waals surface area contributed by atoms with Crippen molar-refractivity contribution in [3.63, 3.8) is 0 Å². The number of aliphatic hydroxyl groups is 1. The molecule has 0 amide bonds. The fourth-order valence-corrected chi connectivity index (χ4v) is 14.0. The van der Waals surface area contributed by atoms with Crippen molar-refractivity contribution in [3.8, 4) is 0 Å². The highest BCUT2D eigenvalue weighted by Gasteiger charge is 2.77. The summed E-state index contributed by atoms with van der Waals surface area (Å²) in [5, 5.41) is 10.1. The Labute approximate surface area is 408 Å². The van der Waals surface area contributed by atoms with E-state index in [-0.39, 0.29) is 32.6 Å². The van der Waals surface area contributed by atoms with Crippen LogP contribution in [0.2, 0.25) is 0 Å². The molecule has 4 aliphatic carbocycles. The fourth-order valence-electron chi connectivity index (χ4n) is 14.0. The summed E-state index contributed by atoms with van der Waals surface area (Å²) in [6.07, 6.45) is -54.6. The minimum atomic E-state index is -6.19. The molecule has 4 bridgehead atoms. The molecule has 6 aliphatic rings. The standard InChI is InChI=1S/C46H60F18O9/c1-19-9-25-21-10-23(15-39(67,43(53,54)55)44(56,57)58)26(12-21)32(25)70-30(19)18-38(35(66)69-8,42(50,51)52)29-14-28-22-11-24(16-40(45(59,60)61,46(62,63)64)73-20(2)72-36(3,4)5)27(13-22)33(28)71-31(29)17-37(6,34(65)68-7)41(47,48)49/h19-33,67H,9-18H2,1-8H3. The number of rotatable bonds is 14. The van der Waals surface area contributed by atoms with Crippen LogP contribution in [0.15, 0.2) is 0 Å². The molecule has 73 heavy (non-hydrogen) atoms. The van der Waals surface area contributed by atoms with E-state index < -0.39 is 205 Å². The van der Waals surface area contributed by atoms with Crippen molar-refractivity contribution in [1.29, 1.82) is 0 Å². The second-order valence-electron chi connectivity index (χ2n) is 22.7. The molecule has 0 radical (unpaired) electrons. The smallest absolute Gasteiger partial charge is 0.426 e. The topological polar surface area (TPSA) is 110 Å². The molecular formula is C46H60F18O9. The van der Waals surface area contributed by atoms with Gasteiger partial charge in [0.2, 0.25) is 0 Å². The van der Waals surface area contributed by atoms with Crippen molar-refractivity contribution in [2.75, 3.05) is 14.2 Å². The maximum Gasteiger partial charge on any atom is 0.426 e. The van der Waals surface area contributed by atoms with Crippen LogP contribution >= 0.6 is 0 Å². The Kier molecular flexibility index (Phi) is 15.7. The molecule has 424 valence electrons. The van der Waals surface area contributed by atoms with Crippen LogP contribution in [-0.2, 0) is 38.0 Å². The lowest BCUT2D eigenvalue weighted by atomic mass is 9.58. The average molecular weight is 1100 g/mol. The van der Waals surface area contributed by atoms with Gasteiger partial charge in [-0.2, -0.15) is 79.0 Å². The highest BCUT2D eigenvalue weighted by atomic mass is 19.4. The summed E-state index contributed by atoms with van der Waals surface area (Å²) in [7, 11) is 1.05. The number of halogens is 18. The van der Waals surface area contributed by atoms with E-state index in [0.717, 1.165) is 6.92 Å². The van der Waals surface area contributed by atoms with Crippen LogP contribution in [0, 0.1) is 70.0 Å². The highest BCUT2D eigenvalue weighted by Crippen LogP contribution is 2.67. The summed E-state index contributed by atoms with van der Waals surface area (Å²) in [5.41, 5.74) is -19.1. The van der Waals surface area contributed by atoms with Gasteiger partial charge in [-0.15, -0.1) is 0 Å². The molecule has 0 aromatic carbocycles. The van der Waals surface area contributed by atoms with Gasteiger partial charge in [-0.1, -0.05) is 6.92 Å². The molecule has 6 fully saturated rings. The first kappa shape index (κ1) is 59.7. The fraction of sp³-hybridized carbons (Fsp3) is 0.957. The number of fused-ring (bicyclic) bond motifs is 10. The molecule has 6 rings (SSSR count). The first-order valence-electron chi connectivity index (χ1n) is 23.8. The summed E-state index contributed by atoms with van der Waals surface area (Å²) in [6.45, 7) is 6.44. The summed E-state index contributed by atoms with van der Waals surface area (Å²) in [4.78, 5) is 27.3. The molecule has 0 spiro atoms. The number of methoxy groups -OCH3 is 2. The van der Waals surface area contributed by atoms with Gasteiger partial charge >= 0.3 is 49.0 Å². The van der Waals surface area contributed by atoms with Crippen LogP contribution in [0.25, 0.3) is 0 Å². The predicted molar refractivity (Wildman–Crippen MR) is 214 cm³/mol. The molecule has 2 heterocycles. The number of esters is 2. The van der Waals surface area contributed by atoms with Crippen molar-refractivity contribution in [2.45, 2.75) is 190 Å². The largest absolute Gasteiger partial charge is 0.468 e. The Morgan fingerprint density at radius 3 is 1.40 bits per heavy atom. The molecule has 9 nitrogen and oxygen atoms in total. The Bertz CT molecular complexity index is 1970. The molecule has 27 heteroatoms. The Hall–Kier alpha value is -2.52. The zero-order valence-corrected chi connectivity index (χ0v) is 40.7. The molecule has 0 aromatic rings. The van der Waals surface area contributed by atoms with E-state index in [1.807, 2.05) is 0 Å². The summed E-state index contributed by atoms with van der Waals surface area (Å²) < 4.78 is 299. The van der Waals surface area contributed by atoms with Crippen molar-refractivity contribution >= 4 is 11.9 Å². The van der Waals surface area contributed by atoms with Gasteiger partial charge in [-0.05, 0) is 152 Å². The van der Waals surface area contributed by atoms with Gasteiger partial charge in [-0.25, -0.2) is 0 Å². The lowest BCUT2D eigenvalue weighted by Gasteiger charge is -2.54. The minimum Gasteiger partial charge on any atom is -0.468 e. The second kappa shape index (κ2) is 19.1. The van der Waals surface area contributed by atoms with Gasteiger partial charge in [0.15, 0.2) is 17.1 Å². The maximum absolute atomic E-state index is 16.4. The van der Waals surface area contributed by atoms with Crippen LogP contribution in [0.4, 0.5) is 79.0 Å². The van der Waals surface area contributed by atoms with E-state index >= 15 is 26.3 Å². The summed E-state index contributed by atoms with van der Waals surface area (Å²) >= 11 is 0. The van der Waals surface area contributed by atoms with Gasteiger partial charge in [0, 0.05) is 5.92 Å². The van der Waals surface area contributed by atoms with E-state index in [1.165, 1.54) is 27.7 Å². The zero-order chi connectivity index (χ0) is 55.6. The monoisotopic (exact) mass is 1100 g/mol. The van der Waals surface area contributed by atoms with Crippen molar-refractivity contribution in [1.82, 2.24) is 0 Å². The number of carbonyl (C=O) groups excluding carboxylic acids is 2. The van der Waals surface area contributed by atoms with Crippen LogP contribution in [0.3, 0.4) is 0 Å². The van der Waals surface area contributed by atoms with Crippen LogP contribution in [-0.4, -0.2) is 116 Å². The van der Waals surface area contributed by atoms with Crippen LogP contribution in [0.1, 0.15) is 106 Å². The lowest BCUT2D eigenvalue weighted by Crippen LogP contribution is -2.63. The van der Waals surface area contributed by atoms with Gasteiger partial charge in [0.05, 0.1) is 44.2 Å². The highest BCUT2D eigenvalue weighted by molar-refractivity contribution is 5.79. The SMILES string of the molecule is COC(=O)C(C)(CC1OC2C3CC(CC3CC(OC(C)OC(C)(C)C)(C(F)(F)F)C(F)(F)F)C2CC1C(CC1OC2C(CC1C)C1CC(CC(O)(C(F)(F)F)C(F)(F)F)C2C1)(C(=O)OC)C(F)(F)F)C(F)(F)F. The molecule has 2 saturated heterocycles. The van der Waals surface area contributed by atoms with Gasteiger partial charge in [-0.3, -0.25) is 9.59 Å². The van der Waals surface area contributed by atoms with Gasteiger partial charge in [0.25, 0.3) is 11.2 Å². The number of hydrogen-bond donors (Lipinski definition) is 1. The average Bonchev–Trinajstić information content (AvgIpc) is 3.99. The molecule has 17 unspecified atom stereocenters. The lowest BCUT2D eigenvalue weighted by molar-refractivity contribution is -0.417. The van der Waals surface area contributed by atoms with Crippen LogP contribution in [0.5, 0.6) is 0 Å². The molecular weight excluding hydrogens is 1040 g/mol. The Morgan fingerprint density at radius 1 is 0.534 bits per heavy atom. The second-order valence-corrected chi connectivity index (χ2v) is 22.7. The van der Waals surface area contributed by atoms with Gasteiger partial charge in [0.1, 0.15) is 0 Å². The summed E-state index contributed by atoms with van der Waals surface area (Å²) in [5.74, 6) is -16.9. The maximum atomic E-state index is 16.4. The minimum absolute atomic E-state index is 0.0374. The zero-order valence-electron chi connectivity index (χ0n) is 40.7. The van der Waals surface area contributed by atoms with E-state index in [2.05, 4.69) is 4.74 Å². The van der Waals surface area contributed by atoms with E-state index in [4.69, 9.17) is 23.7 Å². The number of alkyl halides is 18. The van der Waals surface area contributed by atoms with E-state index in [9.17, 15) is 67.4 Å².